The standard InChI is InChI=1S/C11H23N/c1-6-11(10(2,3)4)7-8-12(5)9-11/h6-9H2,1-5H3. The number of nitrogens with zero attached hydrogens (tertiary/aromatic N) is 1. The molecule has 1 aliphatic rings. The summed E-state index contributed by atoms with van der Waals surface area (Å²) in [6.45, 7) is 12.1. The molecule has 1 unspecified atom stereocenters. The fourth-order valence-corrected chi connectivity index (χ4v) is 2.51. The van der Waals surface area contributed by atoms with Crippen LogP contribution in [0.4, 0.5) is 0 Å². The van der Waals surface area contributed by atoms with Crippen LogP contribution in [0.3, 0.4) is 0 Å². The van der Waals surface area contributed by atoms with Crippen LogP contribution < -0.4 is 0 Å². The van der Waals surface area contributed by atoms with Crippen LogP contribution >= 0.6 is 0 Å². The van der Waals surface area contributed by atoms with Gasteiger partial charge in [-0.05, 0) is 37.3 Å². The van der Waals surface area contributed by atoms with Crippen molar-refractivity contribution in [3.63, 3.8) is 0 Å². The van der Waals surface area contributed by atoms with Crippen LogP contribution in [-0.2, 0) is 0 Å². The molecular weight excluding hydrogens is 146 g/mol. The minimum absolute atomic E-state index is 0.465. The average molecular weight is 169 g/mol. The van der Waals surface area contributed by atoms with Crippen LogP contribution in [0.25, 0.3) is 0 Å². The second-order valence-corrected chi connectivity index (χ2v) is 5.37. The summed E-state index contributed by atoms with van der Waals surface area (Å²) in [5.41, 5.74) is 1.04. The molecule has 0 bridgehead atoms. The Balaban J connectivity index is 2.78. The lowest BCUT2D eigenvalue weighted by Gasteiger charge is -2.41. The molecule has 0 aromatic carbocycles. The van der Waals surface area contributed by atoms with Crippen molar-refractivity contribution in [1.29, 1.82) is 0 Å². The molecule has 1 saturated heterocycles. The van der Waals surface area contributed by atoms with Gasteiger partial charge in [0.05, 0.1) is 0 Å². The van der Waals surface area contributed by atoms with E-state index in [1.807, 2.05) is 0 Å². The van der Waals surface area contributed by atoms with Crippen molar-refractivity contribution in [2.75, 3.05) is 20.1 Å². The Morgan fingerprint density at radius 3 is 2.08 bits per heavy atom. The maximum atomic E-state index is 2.47. The first-order chi connectivity index (χ1) is 5.41. The van der Waals surface area contributed by atoms with E-state index in [9.17, 15) is 0 Å². The topological polar surface area (TPSA) is 3.24 Å². The molecule has 0 aromatic heterocycles. The highest BCUT2D eigenvalue weighted by Gasteiger charge is 2.44. The predicted octanol–water partition coefficient (Wildman–Crippen LogP) is 2.76. The summed E-state index contributed by atoms with van der Waals surface area (Å²) in [6, 6.07) is 0. The quantitative estimate of drug-likeness (QED) is 0.583. The van der Waals surface area contributed by atoms with E-state index in [0.29, 0.717) is 10.8 Å². The Bertz CT molecular complexity index is 157. The zero-order valence-electron chi connectivity index (χ0n) is 9.28. The Morgan fingerprint density at radius 2 is 1.92 bits per heavy atom. The van der Waals surface area contributed by atoms with Gasteiger partial charge in [0.1, 0.15) is 0 Å². The predicted molar refractivity (Wildman–Crippen MR) is 54.3 cm³/mol. The second kappa shape index (κ2) is 3.02. The number of hydrogen-bond acceptors (Lipinski definition) is 1. The lowest BCUT2D eigenvalue weighted by molar-refractivity contribution is 0.0917. The third kappa shape index (κ3) is 1.52. The maximum absolute atomic E-state index is 2.47. The van der Waals surface area contributed by atoms with Gasteiger partial charge >= 0.3 is 0 Å². The first-order valence-corrected chi connectivity index (χ1v) is 5.10. The molecule has 1 heteroatoms. The van der Waals surface area contributed by atoms with Crippen LogP contribution in [0.15, 0.2) is 0 Å². The van der Waals surface area contributed by atoms with Crippen LogP contribution in [0, 0.1) is 10.8 Å². The fourth-order valence-electron chi connectivity index (χ4n) is 2.51. The van der Waals surface area contributed by atoms with Crippen LogP contribution in [0.1, 0.15) is 40.5 Å². The van der Waals surface area contributed by atoms with Crippen molar-refractivity contribution in [3.05, 3.63) is 0 Å². The molecule has 0 amide bonds. The normalized spacial score (nSPS) is 32.8. The van der Waals surface area contributed by atoms with Crippen molar-refractivity contribution in [3.8, 4) is 0 Å². The Kier molecular flexibility index (Phi) is 2.53. The molecule has 0 aromatic rings. The van der Waals surface area contributed by atoms with Gasteiger partial charge in [0.25, 0.3) is 0 Å². The number of rotatable bonds is 1. The van der Waals surface area contributed by atoms with Crippen LogP contribution in [-0.4, -0.2) is 25.0 Å². The summed E-state index contributed by atoms with van der Waals surface area (Å²) in [4.78, 5) is 2.47. The second-order valence-electron chi connectivity index (χ2n) is 5.37. The third-order valence-corrected chi connectivity index (χ3v) is 3.81. The lowest BCUT2D eigenvalue weighted by atomic mass is 9.64. The van der Waals surface area contributed by atoms with Crippen molar-refractivity contribution in [2.45, 2.75) is 40.5 Å². The van der Waals surface area contributed by atoms with Crippen molar-refractivity contribution in [2.24, 2.45) is 10.8 Å². The Hall–Kier alpha value is -0.0400. The van der Waals surface area contributed by atoms with Gasteiger partial charge in [0, 0.05) is 6.54 Å². The fraction of sp³-hybridized carbons (Fsp3) is 1.00. The summed E-state index contributed by atoms with van der Waals surface area (Å²) in [5, 5.41) is 0. The third-order valence-electron chi connectivity index (χ3n) is 3.81. The highest BCUT2D eigenvalue weighted by molar-refractivity contribution is 4.95. The largest absolute Gasteiger partial charge is 0.306 e. The number of likely N-dealkylation sites (tertiary alicyclic amines) is 1. The molecule has 1 nitrogen and oxygen atoms in total. The number of hydrogen-bond donors (Lipinski definition) is 0. The molecule has 1 aliphatic heterocycles. The summed E-state index contributed by atoms with van der Waals surface area (Å²) in [7, 11) is 2.24. The molecule has 0 radical (unpaired) electrons. The van der Waals surface area contributed by atoms with E-state index >= 15 is 0 Å². The molecule has 0 aliphatic carbocycles. The summed E-state index contributed by atoms with van der Waals surface area (Å²) < 4.78 is 0. The first-order valence-electron chi connectivity index (χ1n) is 5.10. The molecule has 1 rings (SSSR count). The average Bonchev–Trinajstić information content (AvgIpc) is 2.31. The van der Waals surface area contributed by atoms with Gasteiger partial charge in [-0.1, -0.05) is 27.7 Å². The molecule has 1 heterocycles. The molecule has 0 spiro atoms. The zero-order valence-corrected chi connectivity index (χ0v) is 9.28. The SMILES string of the molecule is CCC1(C(C)(C)C)CCN(C)C1. The van der Waals surface area contributed by atoms with Gasteiger partial charge in [-0.25, -0.2) is 0 Å². The maximum Gasteiger partial charge on any atom is 0.00403 e. The van der Waals surface area contributed by atoms with E-state index in [1.54, 1.807) is 0 Å². The lowest BCUT2D eigenvalue weighted by Crippen LogP contribution is -2.37. The Morgan fingerprint density at radius 1 is 1.33 bits per heavy atom. The van der Waals surface area contributed by atoms with Crippen molar-refractivity contribution in [1.82, 2.24) is 4.90 Å². The summed E-state index contributed by atoms with van der Waals surface area (Å²) in [6.07, 6.45) is 2.70. The van der Waals surface area contributed by atoms with Crippen molar-refractivity contribution < 1.29 is 0 Å². The van der Waals surface area contributed by atoms with E-state index in [-0.39, 0.29) is 0 Å². The van der Waals surface area contributed by atoms with Gasteiger partial charge in [0.2, 0.25) is 0 Å². The summed E-state index contributed by atoms with van der Waals surface area (Å²) in [5.74, 6) is 0. The molecule has 0 saturated carbocycles. The molecule has 1 atom stereocenters. The van der Waals surface area contributed by atoms with E-state index in [0.717, 1.165) is 0 Å². The molecule has 1 fully saturated rings. The van der Waals surface area contributed by atoms with E-state index in [4.69, 9.17) is 0 Å². The van der Waals surface area contributed by atoms with Gasteiger partial charge in [0.15, 0.2) is 0 Å². The van der Waals surface area contributed by atoms with E-state index < -0.39 is 0 Å². The van der Waals surface area contributed by atoms with Gasteiger partial charge in [-0.15, -0.1) is 0 Å². The van der Waals surface area contributed by atoms with Crippen molar-refractivity contribution >= 4 is 0 Å². The molecular formula is C11H23N. The monoisotopic (exact) mass is 169 g/mol. The van der Waals surface area contributed by atoms with E-state index in [1.165, 1.54) is 25.9 Å². The summed E-state index contributed by atoms with van der Waals surface area (Å²) >= 11 is 0. The molecule has 72 valence electrons. The van der Waals surface area contributed by atoms with Crippen LogP contribution in [0.2, 0.25) is 0 Å². The minimum atomic E-state index is 0.465. The van der Waals surface area contributed by atoms with Gasteiger partial charge < -0.3 is 4.90 Å². The van der Waals surface area contributed by atoms with Gasteiger partial charge in [-0.3, -0.25) is 0 Å². The highest BCUT2D eigenvalue weighted by Crippen LogP contribution is 2.47. The highest BCUT2D eigenvalue weighted by atomic mass is 15.1. The smallest absolute Gasteiger partial charge is 0.00403 e. The Labute approximate surface area is 77.1 Å². The minimum Gasteiger partial charge on any atom is -0.306 e. The zero-order chi connectivity index (χ0) is 9.41. The van der Waals surface area contributed by atoms with Crippen LogP contribution in [0.5, 0.6) is 0 Å². The molecule has 0 N–H and O–H groups in total. The molecule has 12 heavy (non-hydrogen) atoms. The van der Waals surface area contributed by atoms with E-state index in [2.05, 4.69) is 39.6 Å². The van der Waals surface area contributed by atoms with Gasteiger partial charge in [-0.2, -0.15) is 0 Å². The first kappa shape index (κ1) is 10.0.